The zero-order chi connectivity index (χ0) is 17.5. The maximum atomic E-state index is 12.3. The highest BCUT2D eigenvalue weighted by Crippen LogP contribution is 2.22. The van der Waals surface area contributed by atoms with Crippen LogP contribution in [-0.4, -0.2) is 35.7 Å². The number of hydrogen-bond donors (Lipinski definition) is 2. The van der Waals surface area contributed by atoms with E-state index in [1.54, 1.807) is 18.2 Å². The Labute approximate surface area is 148 Å². The van der Waals surface area contributed by atoms with E-state index in [9.17, 15) is 4.79 Å². The first-order chi connectivity index (χ1) is 12.3. The summed E-state index contributed by atoms with van der Waals surface area (Å²) >= 11 is 0. The number of benzene rings is 1. The Kier molecular flexibility index (Phi) is 5.61. The average molecular weight is 337 g/mol. The van der Waals surface area contributed by atoms with Crippen LogP contribution in [0.2, 0.25) is 0 Å². The second-order valence-corrected chi connectivity index (χ2v) is 6.02. The van der Waals surface area contributed by atoms with Gasteiger partial charge in [-0.1, -0.05) is 6.08 Å². The molecule has 1 aliphatic rings. The highest BCUT2D eigenvalue weighted by Gasteiger charge is 2.12. The topological polar surface area (TPSA) is 70.2 Å². The van der Waals surface area contributed by atoms with Gasteiger partial charge in [0.25, 0.3) is 5.91 Å². The van der Waals surface area contributed by atoms with Crippen LogP contribution in [0.4, 0.5) is 17.2 Å². The fourth-order valence-corrected chi connectivity index (χ4v) is 2.83. The number of nitrogens with zero attached hydrogens (tertiary/aromatic N) is 3. The van der Waals surface area contributed by atoms with Gasteiger partial charge in [0.1, 0.15) is 5.82 Å². The van der Waals surface area contributed by atoms with E-state index in [0.717, 1.165) is 18.8 Å². The van der Waals surface area contributed by atoms with Crippen LogP contribution < -0.4 is 15.5 Å². The van der Waals surface area contributed by atoms with E-state index in [1.807, 2.05) is 12.1 Å². The van der Waals surface area contributed by atoms with Gasteiger partial charge in [-0.15, -0.1) is 16.8 Å². The molecule has 130 valence electrons. The molecule has 0 radical (unpaired) electrons. The molecule has 1 fully saturated rings. The third kappa shape index (κ3) is 4.56. The van der Waals surface area contributed by atoms with Gasteiger partial charge < -0.3 is 15.5 Å². The lowest BCUT2D eigenvalue weighted by atomic mass is 10.1. The number of anilines is 3. The van der Waals surface area contributed by atoms with Crippen LogP contribution in [0.25, 0.3) is 0 Å². The lowest BCUT2D eigenvalue weighted by Crippen LogP contribution is -2.29. The van der Waals surface area contributed by atoms with Crippen LogP contribution in [0.5, 0.6) is 0 Å². The lowest BCUT2D eigenvalue weighted by Gasteiger charge is -2.28. The quantitative estimate of drug-likeness (QED) is 0.791. The van der Waals surface area contributed by atoms with Crippen molar-refractivity contribution >= 4 is 23.1 Å². The molecular weight excluding hydrogens is 314 g/mol. The highest BCUT2D eigenvalue weighted by atomic mass is 16.1. The molecule has 1 aliphatic heterocycles. The normalized spacial score (nSPS) is 14.0. The summed E-state index contributed by atoms with van der Waals surface area (Å²) in [6.07, 6.45) is 5.53. The molecule has 0 atom stereocenters. The summed E-state index contributed by atoms with van der Waals surface area (Å²) in [6.45, 7) is 6.44. The minimum Gasteiger partial charge on any atom is -0.372 e. The van der Waals surface area contributed by atoms with Crippen molar-refractivity contribution in [3.63, 3.8) is 0 Å². The number of aromatic nitrogens is 2. The molecule has 0 aliphatic carbocycles. The van der Waals surface area contributed by atoms with Gasteiger partial charge >= 0.3 is 0 Å². The van der Waals surface area contributed by atoms with Gasteiger partial charge in [0.2, 0.25) is 0 Å². The van der Waals surface area contributed by atoms with E-state index < -0.39 is 0 Å². The lowest BCUT2D eigenvalue weighted by molar-refractivity contribution is 0.102. The molecular formula is C19H23N5O. The average Bonchev–Trinajstić information content (AvgIpc) is 2.68. The van der Waals surface area contributed by atoms with E-state index in [1.165, 1.54) is 24.9 Å². The second kappa shape index (κ2) is 8.28. The summed E-state index contributed by atoms with van der Waals surface area (Å²) in [5.41, 5.74) is 2.24. The first kappa shape index (κ1) is 17.0. The first-order valence-corrected chi connectivity index (χ1v) is 8.61. The predicted molar refractivity (Wildman–Crippen MR) is 101 cm³/mol. The van der Waals surface area contributed by atoms with Crippen molar-refractivity contribution in [1.29, 1.82) is 0 Å². The summed E-state index contributed by atoms with van der Waals surface area (Å²) in [4.78, 5) is 14.6. The number of rotatable bonds is 6. The summed E-state index contributed by atoms with van der Waals surface area (Å²) < 4.78 is 0. The molecule has 1 saturated heterocycles. The maximum Gasteiger partial charge on any atom is 0.276 e. The van der Waals surface area contributed by atoms with E-state index in [-0.39, 0.29) is 11.6 Å². The first-order valence-electron chi connectivity index (χ1n) is 8.61. The van der Waals surface area contributed by atoms with Crippen molar-refractivity contribution in [3.8, 4) is 0 Å². The minimum atomic E-state index is -0.270. The molecule has 0 bridgehead atoms. The largest absolute Gasteiger partial charge is 0.372 e. The van der Waals surface area contributed by atoms with Crippen molar-refractivity contribution in [2.24, 2.45) is 0 Å². The number of amides is 1. The van der Waals surface area contributed by atoms with Crippen LogP contribution in [0.3, 0.4) is 0 Å². The van der Waals surface area contributed by atoms with Gasteiger partial charge in [0, 0.05) is 31.0 Å². The van der Waals surface area contributed by atoms with Crippen molar-refractivity contribution in [3.05, 3.63) is 54.7 Å². The predicted octanol–water partition coefficient (Wildman–Crippen LogP) is 3.32. The molecule has 0 spiro atoms. The van der Waals surface area contributed by atoms with Crippen molar-refractivity contribution in [1.82, 2.24) is 10.2 Å². The SMILES string of the molecule is C=CCNc1ccc(C(=O)Nc2ccc(N3CCCCC3)cc2)nn1. The molecule has 2 aromatic rings. The van der Waals surface area contributed by atoms with Crippen LogP contribution >= 0.6 is 0 Å². The number of nitrogens with one attached hydrogen (secondary N) is 2. The number of carbonyl (C=O) groups excluding carboxylic acids is 1. The molecule has 1 aromatic heterocycles. The third-order valence-electron chi connectivity index (χ3n) is 4.17. The van der Waals surface area contributed by atoms with Crippen LogP contribution in [0.1, 0.15) is 29.8 Å². The van der Waals surface area contributed by atoms with Crippen LogP contribution in [-0.2, 0) is 0 Å². The molecule has 3 rings (SSSR count). The smallest absolute Gasteiger partial charge is 0.276 e. The highest BCUT2D eigenvalue weighted by molar-refractivity contribution is 6.02. The standard InChI is InChI=1S/C19H23N5O/c1-2-12-20-18-11-10-17(22-23-18)19(25)21-15-6-8-16(9-7-15)24-13-4-3-5-14-24/h2,6-11H,1,3-5,12-14H2,(H,20,23)(H,21,25). The Morgan fingerprint density at radius 3 is 2.48 bits per heavy atom. The second-order valence-electron chi connectivity index (χ2n) is 6.02. The molecule has 1 amide bonds. The van der Waals surface area contributed by atoms with E-state index in [0.29, 0.717) is 12.4 Å². The molecule has 2 heterocycles. The Morgan fingerprint density at radius 1 is 1.08 bits per heavy atom. The third-order valence-corrected chi connectivity index (χ3v) is 4.17. The number of piperidine rings is 1. The van der Waals surface area contributed by atoms with E-state index >= 15 is 0 Å². The van der Waals surface area contributed by atoms with Gasteiger partial charge in [-0.3, -0.25) is 4.79 Å². The van der Waals surface area contributed by atoms with Crippen LogP contribution in [0, 0.1) is 0 Å². The number of hydrogen-bond acceptors (Lipinski definition) is 5. The molecule has 6 nitrogen and oxygen atoms in total. The summed E-state index contributed by atoms with van der Waals surface area (Å²) in [7, 11) is 0. The van der Waals surface area contributed by atoms with Crippen molar-refractivity contribution < 1.29 is 4.79 Å². The zero-order valence-corrected chi connectivity index (χ0v) is 14.2. The van der Waals surface area contributed by atoms with Gasteiger partial charge in [0.15, 0.2) is 5.69 Å². The fraction of sp³-hybridized carbons (Fsp3) is 0.316. The Hall–Kier alpha value is -2.89. The summed E-state index contributed by atoms with van der Waals surface area (Å²) in [6, 6.07) is 11.3. The van der Waals surface area contributed by atoms with E-state index in [2.05, 4.69) is 44.4 Å². The van der Waals surface area contributed by atoms with E-state index in [4.69, 9.17) is 0 Å². The molecule has 0 unspecified atom stereocenters. The van der Waals surface area contributed by atoms with Gasteiger partial charge in [-0.2, -0.15) is 0 Å². The molecule has 1 aromatic carbocycles. The monoisotopic (exact) mass is 337 g/mol. The Morgan fingerprint density at radius 2 is 1.84 bits per heavy atom. The maximum absolute atomic E-state index is 12.3. The fourth-order valence-electron chi connectivity index (χ4n) is 2.83. The molecule has 6 heteroatoms. The van der Waals surface area contributed by atoms with Crippen molar-refractivity contribution in [2.75, 3.05) is 35.2 Å². The van der Waals surface area contributed by atoms with Gasteiger partial charge in [0.05, 0.1) is 0 Å². The van der Waals surface area contributed by atoms with Crippen molar-refractivity contribution in [2.45, 2.75) is 19.3 Å². The Bertz CT molecular complexity index is 706. The summed E-state index contributed by atoms with van der Waals surface area (Å²) in [5, 5.41) is 13.8. The molecule has 0 saturated carbocycles. The van der Waals surface area contributed by atoms with Gasteiger partial charge in [-0.25, -0.2) is 0 Å². The van der Waals surface area contributed by atoms with Crippen LogP contribution in [0.15, 0.2) is 49.1 Å². The molecule has 25 heavy (non-hydrogen) atoms. The minimum absolute atomic E-state index is 0.270. The van der Waals surface area contributed by atoms with Gasteiger partial charge in [-0.05, 0) is 55.7 Å². The Balaban J connectivity index is 1.59. The number of carbonyl (C=O) groups is 1. The molecule has 2 N–H and O–H groups in total. The zero-order valence-electron chi connectivity index (χ0n) is 14.2. The summed E-state index contributed by atoms with van der Waals surface area (Å²) in [5.74, 6) is 0.343.